The van der Waals surface area contributed by atoms with Gasteiger partial charge in [0.05, 0.1) is 18.0 Å². The molecule has 2 aromatic heterocycles. The van der Waals surface area contributed by atoms with E-state index in [0.717, 1.165) is 29.0 Å². The molecular formula is C19H21ClN4O2. The van der Waals surface area contributed by atoms with Gasteiger partial charge in [-0.1, -0.05) is 11.6 Å². The summed E-state index contributed by atoms with van der Waals surface area (Å²) < 4.78 is 1.87. The largest absolute Gasteiger partial charge is 0.507 e. The summed E-state index contributed by atoms with van der Waals surface area (Å²) in [6.07, 6.45) is 3.35. The maximum Gasteiger partial charge on any atom is 0.251 e. The van der Waals surface area contributed by atoms with Crippen LogP contribution in [0.5, 0.6) is 5.75 Å². The van der Waals surface area contributed by atoms with Crippen molar-refractivity contribution in [3.63, 3.8) is 0 Å². The molecule has 0 aliphatic carbocycles. The van der Waals surface area contributed by atoms with Gasteiger partial charge in [0.25, 0.3) is 5.91 Å². The van der Waals surface area contributed by atoms with Gasteiger partial charge in [0.2, 0.25) is 0 Å². The summed E-state index contributed by atoms with van der Waals surface area (Å²) >= 11 is 6.15. The Bertz CT molecular complexity index is 981. The first kappa shape index (κ1) is 18.1. The molecular weight excluding hydrogens is 352 g/mol. The lowest BCUT2D eigenvalue weighted by molar-refractivity contribution is 0.0950. The van der Waals surface area contributed by atoms with Crippen molar-refractivity contribution in [1.82, 2.24) is 14.7 Å². The van der Waals surface area contributed by atoms with Crippen molar-refractivity contribution in [2.24, 2.45) is 0 Å². The number of pyridine rings is 1. The molecule has 2 heterocycles. The van der Waals surface area contributed by atoms with Crippen LogP contribution in [-0.4, -0.2) is 26.9 Å². The Kier molecular flexibility index (Phi) is 5.04. The third-order valence-electron chi connectivity index (χ3n) is 4.39. The van der Waals surface area contributed by atoms with Gasteiger partial charge in [0.1, 0.15) is 5.75 Å². The van der Waals surface area contributed by atoms with E-state index >= 15 is 0 Å². The number of fused-ring (bicyclic) bond motifs is 1. The van der Waals surface area contributed by atoms with E-state index in [1.54, 1.807) is 30.7 Å². The number of hydrogen-bond donors (Lipinski definition) is 3. The highest BCUT2D eigenvalue weighted by molar-refractivity contribution is 6.31. The first-order valence-electron chi connectivity index (χ1n) is 8.38. The van der Waals surface area contributed by atoms with Crippen LogP contribution in [0.3, 0.4) is 0 Å². The maximum atomic E-state index is 12.7. The number of amides is 1. The van der Waals surface area contributed by atoms with E-state index in [-0.39, 0.29) is 18.2 Å². The lowest BCUT2D eigenvalue weighted by atomic mass is 10.1. The van der Waals surface area contributed by atoms with Crippen LogP contribution in [0.15, 0.2) is 30.7 Å². The predicted octanol–water partition coefficient (Wildman–Crippen LogP) is 3.67. The number of aromatic hydroxyl groups is 1. The van der Waals surface area contributed by atoms with Crippen molar-refractivity contribution in [2.75, 3.05) is 11.9 Å². The Morgan fingerprint density at radius 2 is 2.08 bits per heavy atom. The van der Waals surface area contributed by atoms with Crippen molar-refractivity contribution >= 4 is 28.7 Å². The molecule has 0 bridgehead atoms. The number of imidazole rings is 1. The van der Waals surface area contributed by atoms with Crippen LogP contribution in [0.1, 0.15) is 34.1 Å². The summed E-state index contributed by atoms with van der Waals surface area (Å²) in [4.78, 5) is 16.8. The van der Waals surface area contributed by atoms with Gasteiger partial charge in [-0.2, -0.15) is 0 Å². The fourth-order valence-corrected chi connectivity index (χ4v) is 3.24. The standard InChI is InChI=1S/C19H21ClN4O2/c1-4-22-16-7-13(20)6-14(12(16)3)19(26)23-8-15-17-9-21-10-24(17)11(2)5-18(15)25/h5-7,9-10,22,25H,4,8H2,1-3H3,(H,23,26). The molecule has 0 atom stereocenters. The number of nitrogens with one attached hydrogen (secondary N) is 2. The van der Waals surface area contributed by atoms with E-state index in [4.69, 9.17) is 11.6 Å². The monoisotopic (exact) mass is 372 g/mol. The average molecular weight is 373 g/mol. The molecule has 0 unspecified atom stereocenters. The summed E-state index contributed by atoms with van der Waals surface area (Å²) in [6, 6.07) is 5.11. The minimum Gasteiger partial charge on any atom is -0.507 e. The molecule has 3 aromatic rings. The van der Waals surface area contributed by atoms with Gasteiger partial charge < -0.3 is 20.1 Å². The molecule has 0 aliphatic heterocycles. The van der Waals surface area contributed by atoms with E-state index in [1.165, 1.54) is 0 Å². The van der Waals surface area contributed by atoms with Gasteiger partial charge >= 0.3 is 0 Å². The molecule has 0 fully saturated rings. The fraction of sp³-hybridized carbons (Fsp3) is 0.263. The van der Waals surface area contributed by atoms with Crippen LogP contribution in [0.4, 0.5) is 5.69 Å². The number of carbonyl (C=O) groups excluding carboxylic acids is 1. The van der Waals surface area contributed by atoms with Crippen LogP contribution < -0.4 is 10.6 Å². The van der Waals surface area contributed by atoms with E-state index in [9.17, 15) is 9.90 Å². The molecule has 0 saturated carbocycles. The summed E-state index contributed by atoms with van der Waals surface area (Å²) in [6.45, 7) is 6.66. The fourth-order valence-electron chi connectivity index (χ4n) is 3.02. The summed E-state index contributed by atoms with van der Waals surface area (Å²) in [5.41, 5.74) is 4.42. The SMILES string of the molecule is CCNc1cc(Cl)cc(C(=O)NCc2c(O)cc(C)n3cncc23)c1C. The van der Waals surface area contributed by atoms with Gasteiger partial charge in [0, 0.05) is 40.6 Å². The number of halogens is 1. The molecule has 0 saturated heterocycles. The average Bonchev–Trinajstić information content (AvgIpc) is 3.07. The Labute approximate surface area is 156 Å². The Balaban J connectivity index is 1.88. The molecule has 0 radical (unpaired) electrons. The minimum absolute atomic E-state index is 0.131. The molecule has 6 nitrogen and oxygen atoms in total. The van der Waals surface area contributed by atoms with Crippen LogP contribution in [0, 0.1) is 13.8 Å². The first-order chi connectivity index (χ1) is 12.4. The number of aromatic nitrogens is 2. The minimum atomic E-state index is -0.248. The second-order valence-corrected chi connectivity index (χ2v) is 6.57. The zero-order chi connectivity index (χ0) is 18.8. The van der Waals surface area contributed by atoms with Crippen LogP contribution in [0.2, 0.25) is 5.02 Å². The third kappa shape index (κ3) is 3.32. The van der Waals surface area contributed by atoms with Crippen molar-refractivity contribution in [1.29, 1.82) is 0 Å². The molecule has 136 valence electrons. The molecule has 0 spiro atoms. The van der Waals surface area contributed by atoms with Crippen molar-refractivity contribution in [2.45, 2.75) is 27.3 Å². The number of hydrogen-bond acceptors (Lipinski definition) is 4. The zero-order valence-corrected chi connectivity index (χ0v) is 15.7. The zero-order valence-electron chi connectivity index (χ0n) is 14.9. The topological polar surface area (TPSA) is 78.7 Å². The van der Waals surface area contributed by atoms with Crippen LogP contribution in [0.25, 0.3) is 5.52 Å². The summed E-state index contributed by atoms with van der Waals surface area (Å²) in [5, 5.41) is 16.8. The van der Waals surface area contributed by atoms with E-state index in [0.29, 0.717) is 16.1 Å². The predicted molar refractivity (Wildman–Crippen MR) is 103 cm³/mol. The quantitative estimate of drug-likeness (QED) is 0.638. The molecule has 1 aromatic carbocycles. The molecule has 0 aliphatic rings. The van der Waals surface area contributed by atoms with Gasteiger partial charge in [-0.3, -0.25) is 4.79 Å². The van der Waals surface area contributed by atoms with Crippen LogP contribution in [-0.2, 0) is 6.54 Å². The Hall–Kier alpha value is -2.73. The van der Waals surface area contributed by atoms with Gasteiger partial charge in [-0.05, 0) is 44.5 Å². The van der Waals surface area contributed by atoms with Gasteiger partial charge in [0.15, 0.2) is 0 Å². The maximum absolute atomic E-state index is 12.7. The summed E-state index contributed by atoms with van der Waals surface area (Å²) in [7, 11) is 0. The first-order valence-corrected chi connectivity index (χ1v) is 8.75. The van der Waals surface area contributed by atoms with E-state index in [2.05, 4.69) is 15.6 Å². The van der Waals surface area contributed by atoms with E-state index in [1.807, 2.05) is 25.2 Å². The molecule has 1 amide bonds. The molecule has 3 N–H and O–H groups in total. The normalized spacial score (nSPS) is 10.9. The van der Waals surface area contributed by atoms with Crippen LogP contribution >= 0.6 is 11.6 Å². The lowest BCUT2D eigenvalue weighted by Gasteiger charge is -2.14. The molecule has 7 heteroatoms. The van der Waals surface area contributed by atoms with Gasteiger partial charge in [-0.25, -0.2) is 4.98 Å². The number of rotatable bonds is 5. The Morgan fingerprint density at radius 1 is 1.31 bits per heavy atom. The molecule has 26 heavy (non-hydrogen) atoms. The smallest absolute Gasteiger partial charge is 0.251 e. The van der Waals surface area contributed by atoms with Crippen molar-refractivity contribution in [3.8, 4) is 5.75 Å². The number of aryl methyl sites for hydroxylation is 1. The number of carbonyl (C=O) groups is 1. The highest BCUT2D eigenvalue weighted by atomic mass is 35.5. The highest BCUT2D eigenvalue weighted by Gasteiger charge is 2.16. The third-order valence-corrected chi connectivity index (χ3v) is 4.61. The van der Waals surface area contributed by atoms with Crippen molar-refractivity contribution in [3.05, 3.63) is 58.1 Å². The second kappa shape index (κ2) is 7.25. The van der Waals surface area contributed by atoms with E-state index < -0.39 is 0 Å². The number of nitrogens with zero attached hydrogens (tertiary/aromatic N) is 2. The highest BCUT2D eigenvalue weighted by Crippen LogP contribution is 2.26. The van der Waals surface area contributed by atoms with Crippen molar-refractivity contribution < 1.29 is 9.90 Å². The lowest BCUT2D eigenvalue weighted by Crippen LogP contribution is -2.24. The second-order valence-electron chi connectivity index (χ2n) is 6.14. The number of anilines is 1. The Morgan fingerprint density at radius 3 is 2.81 bits per heavy atom. The van der Waals surface area contributed by atoms with Gasteiger partial charge in [-0.15, -0.1) is 0 Å². The molecule has 3 rings (SSSR count). The number of benzene rings is 1. The summed E-state index contributed by atoms with van der Waals surface area (Å²) in [5.74, 6) is -0.117.